The number of H-pyrrole nitrogens is 1. The number of thioether (sulfide) groups is 1. The molecule has 2 heterocycles. The average Bonchev–Trinajstić information content (AvgIpc) is 2.88. The Morgan fingerprint density at radius 2 is 2.09 bits per heavy atom. The van der Waals surface area contributed by atoms with Gasteiger partial charge in [-0.05, 0) is 6.92 Å². The van der Waals surface area contributed by atoms with Crippen LogP contribution in [0.2, 0.25) is 0 Å². The summed E-state index contributed by atoms with van der Waals surface area (Å²) < 4.78 is 12.7. The van der Waals surface area contributed by atoms with E-state index in [0.29, 0.717) is 18.3 Å². The predicted octanol–water partition coefficient (Wildman–Crippen LogP) is -0.277. The van der Waals surface area contributed by atoms with Gasteiger partial charge in [-0.15, -0.1) is 0 Å². The minimum absolute atomic E-state index is 0.259. The van der Waals surface area contributed by atoms with Crippen molar-refractivity contribution in [2.24, 2.45) is 7.05 Å². The molecule has 0 fully saturated rings. The first kappa shape index (κ1) is 17.3. The van der Waals surface area contributed by atoms with E-state index in [1.54, 1.807) is 18.6 Å². The quantitative estimate of drug-likeness (QED) is 0.568. The molecule has 23 heavy (non-hydrogen) atoms. The molecule has 0 saturated carbocycles. The molecule has 2 aromatic heterocycles. The number of carbonyl (C=O) groups excluding carboxylic acids is 1. The maximum atomic E-state index is 12.2. The first-order chi connectivity index (χ1) is 10.9. The van der Waals surface area contributed by atoms with Crippen LogP contribution >= 0.6 is 11.8 Å². The Morgan fingerprint density at radius 3 is 2.70 bits per heavy atom. The normalized spacial score (nSPS) is 12.5. The lowest BCUT2D eigenvalue weighted by atomic mass is 10.5. The van der Waals surface area contributed by atoms with Crippen LogP contribution in [0.1, 0.15) is 6.92 Å². The zero-order chi connectivity index (χ0) is 17.1. The number of aryl methyl sites for hydroxylation is 1. The van der Waals surface area contributed by atoms with Crippen molar-refractivity contribution in [2.75, 3.05) is 20.8 Å². The van der Waals surface area contributed by atoms with Crippen molar-refractivity contribution in [3.05, 3.63) is 20.8 Å². The first-order valence-electron chi connectivity index (χ1n) is 6.83. The Hall–Kier alpha value is -2.07. The number of fused-ring (bicyclic) bond motifs is 1. The highest BCUT2D eigenvalue weighted by atomic mass is 32.2. The summed E-state index contributed by atoms with van der Waals surface area (Å²) in [5.41, 5.74) is -0.543. The minimum atomic E-state index is -0.545. The summed E-state index contributed by atoms with van der Waals surface area (Å²) in [5.74, 6) is -0.400. The molecule has 1 atom stereocenters. The Kier molecular flexibility index (Phi) is 5.26. The van der Waals surface area contributed by atoms with Gasteiger partial charge in [-0.1, -0.05) is 11.8 Å². The molecule has 0 saturated heterocycles. The molecule has 2 aromatic rings. The van der Waals surface area contributed by atoms with Crippen LogP contribution in [-0.2, 0) is 27.9 Å². The van der Waals surface area contributed by atoms with Crippen molar-refractivity contribution < 1.29 is 14.3 Å². The zero-order valence-electron chi connectivity index (χ0n) is 13.3. The molecule has 0 aliphatic carbocycles. The summed E-state index contributed by atoms with van der Waals surface area (Å²) in [6.45, 7) is 2.40. The van der Waals surface area contributed by atoms with Crippen molar-refractivity contribution in [3.63, 3.8) is 0 Å². The van der Waals surface area contributed by atoms with Gasteiger partial charge < -0.3 is 14.0 Å². The number of aromatic nitrogens is 4. The van der Waals surface area contributed by atoms with E-state index in [1.807, 2.05) is 0 Å². The van der Waals surface area contributed by atoms with E-state index in [9.17, 15) is 14.4 Å². The van der Waals surface area contributed by atoms with Gasteiger partial charge in [-0.2, -0.15) is 0 Å². The summed E-state index contributed by atoms with van der Waals surface area (Å²) in [5, 5.41) is -0.0594. The second-order valence-corrected chi connectivity index (χ2v) is 6.12. The van der Waals surface area contributed by atoms with Crippen LogP contribution in [-0.4, -0.2) is 51.1 Å². The molecule has 126 valence electrons. The molecule has 0 bridgehead atoms. The maximum Gasteiger partial charge on any atom is 0.329 e. The van der Waals surface area contributed by atoms with Crippen LogP contribution in [0.3, 0.4) is 0 Å². The van der Waals surface area contributed by atoms with Gasteiger partial charge in [-0.3, -0.25) is 19.1 Å². The number of imidazole rings is 1. The molecule has 0 spiro atoms. The van der Waals surface area contributed by atoms with Crippen LogP contribution in [0.15, 0.2) is 14.7 Å². The fourth-order valence-electron chi connectivity index (χ4n) is 2.07. The van der Waals surface area contributed by atoms with E-state index in [-0.39, 0.29) is 11.2 Å². The zero-order valence-corrected chi connectivity index (χ0v) is 14.1. The highest BCUT2D eigenvalue weighted by Gasteiger charge is 2.22. The lowest BCUT2D eigenvalue weighted by molar-refractivity contribution is -0.139. The van der Waals surface area contributed by atoms with Crippen molar-refractivity contribution in [2.45, 2.75) is 23.9 Å². The van der Waals surface area contributed by atoms with Gasteiger partial charge in [0.1, 0.15) is 5.25 Å². The third-order valence-electron chi connectivity index (χ3n) is 3.31. The van der Waals surface area contributed by atoms with Crippen LogP contribution in [0, 0.1) is 0 Å². The van der Waals surface area contributed by atoms with Crippen LogP contribution in [0.5, 0.6) is 0 Å². The largest absolute Gasteiger partial charge is 0.468 e. The highest BCUT2D eigenvalue weighted by Crippen LogP contribution is 2.25. The molecule has 1 N–H and O–H groups in total. The van der Waals surface area contributed by atoms with E-state index in [4.69, 9.17) is 9.47 Å². The summed E-state index contributed by atoms with van der Waals surface area (Å²) in [6, 6.07) is 0. The van der Waals surface area contributed by atoms with Gasteiger partial charge in [0.05, 0.1) is 13.7 Å². The molecule has 9 nitrogen and oxygen atoms in total. The molecular formula is C13H18N4O5S. The molecule has 0 radical (unpaired) electrons. The number of ether oxygens (including phenoxy) is 2. The Balaban J connectivity index is 2.61. The topological polar surface area (TPSA) is 108 Å². The van der Waals surface area contributed by atoms with E-state index >= 15 is 0 Å². The van der Waals surface area contributed by atoms with E-state index < -0.39 is 22.5 Å². The van der Waals surface area contributed by atoms with Crippen LogP contribution in [0.25, 0.3) is 11.2 Å². The van der Waals surface area contributed by atoms with E-state index in [0.717, 1.165) is 11.8 Å². The fraction of sp³-hybridized carbons (Fsp3) is 0.538. The summed E-state index contributed by atoms with van der Waals surface area (Å²) in [4.78, 5) is 42.1. The molecular weight excluding hydrogens is 324 g/mol. The third-order valence-corrected chi connectivity index (χ3v) is 4.37. The Labute approximate surface area is 135 Å². The van der Waals surface area contributed by atoms with E-state index in [2.05, 4.69) is 9.97 Å². The van der Waals surface area contributed by atoms with E-state index in [1.165, 1.54) is 18.7 Å². The van der Waals surface area contributed by atoms with Crippen molar-refractivity contribution in [1.82, 2.24) is 19.1 Å². The van der Waals surface area contributed by atoms with Gasteiger partial charge in [0, 0.05) is 20.7 Å². The monoisotopic (exact) mass is 342 g/mol. The molecule has 0 aromatic carbocycles. The molecule has 0 aliphatic heterocycles. The number of nitrogens with one attached hydrogen (secondary N) is 1. The predicted molar refractivity (Wildman–Crippen MR) is 84.8 cm³/mol. The average molecular weight is 342 g/mol. The lowest BCUT2D eigenvalue weighted by Gasteiger charge is -2.10. The van der Waals surface area contributed by atoms with Crippen molar-refractivity contribution >= 4 is 28.9 Å². The summed E-state index contributed by atoms with van der Waals surface area (Å²) in [7, 11) is 4.37. The SMILES string of the molecule is COCCn1c(SC(C)C(=O)OC)nc2c1c(=O)[nH]c(=O)n2C. The molecule has 0 aliphatic rings. The van der Waals surface area contributed by atoms with Gasteiger partial charge >= 0.3 is 11.7 Å². The smallest absolute Gasteiger partial charge is 0.329 e. The highest BCUT2D eigenvalue weighted by molar-refractivity contribution is 8.00. The fourth-order valence-corrected chi connectivity index (χ4v) is 3.02. The number of rotatable bonds is 6. The van der Waals surface area contributed by atoms with Crippen molar-refractivity contribution in [3.8, 4) is 0 Å². The van der Waals surface area contributed by atoms with Crippen LogP contribution in [0.4, 0.5) is 0 Å². The lowest BCUT2D eigenvalue weighted by Crippen LogP contribution is -2.29. The number of aromatic amines is 1. The number of methoxy groups -OCH3 is 2. The maximum absolute atomic E-state index is 12.2. The minimum Gasteiger partial charge on any atom is -0.468 e. The van der Waals surface area contributed by atoms with Gasteiger partial charge in [0.15, 0.2) is 16.3 Å². The molecule has 1 unspecified atom stereocenters. The number of carbonyl (C=O) groups is 1. The molecule has 0 amide bonds. The third kappa shape index (κ3) is 3.32. The number of hydrogen-bond acceptors (Lipinski definition) is 7. The van der Waals surface area contributed by atoms with Gasteiger partial charge in [0.25, 0.3) is 5.56 Å². The standard InChI is InChI=1S/C13H18N4O5S/c1-7(11(19)22-4)23-13-14-9-8(17(13)5-6-21-3)10(18)15-12(20)16(9)2/h7H,5-6H2,1-4H3,(H,15,18,20). The summed E-state index contributed by atoms with van der Waals surface area (Å²) >= 11 is 1.16. The molecule has 2 rings (SSSR count). The summed E-state index contributed by atoms with van der Waals surface area (Å²) in [6.07, 6.45) is 0. The Bertz CT molecular complexity index is 837. The van der Waals surface area contributed by atoms with Gasteiger partial charge in [-0.25, -0.2) is 9.78 Å². The van der Waals surface area contributed by atoms with Crippen LogP contribution < -0.4 is 11.2 Å². The van der Waals surface area contributed by atoms with Gasteiger partial charge in [0.2, 0.25) is 0 Å². The Morgan fingerprint density at radius 1 is 1.39 bits per heavy atom. The molecule has 10 heteroatoms. The number of nitrogens with zero attached hydrogens (tertiary/aromatic N) is 3. The van der Waals surface area contributed by atoms with Crippen molar-refractivity contribution in [1.29, 1.82) is 0 Å². The second kappa shape index (κ2) is 7.01. The number of hydrogen-bond donors (Lipinski definition) is 1. The number of esters is 1. The second-order valence-electron chi connectivity index (χ2n) is 4.81. The first-order valence-corrected chi connectivity index (χ1v) is 7.71.